The lowest BCUT2D eigenvalue weighted by atomic mass is 9.99. The predicted octanol–water partition coefficient (Wildman–Crippen LogP) is 19.3. The van der Waals surface area contributed by atoms with Crippen LogP contribution in [0.1, 0.15) is 367 Å². The maximum absolute atomic E-state index is 13.1. The number of unbranched alkanes of at least 4 members (excludes halogenated alkanes) is 51. The summed E-state index contributed by atoms with van der Waals surface area (Å²) in [6.07, 6.45) is 73.0. The molecule has 1 heterocycles. The molecule has 474 valence electrons. The highest BCUT2D eigenvalue weighted by atomic mass is 16.7. The van der Waals surface area contributed by atoms with Crippen molar-refractivity contribution < 1.29 is 39.8 Å². The molecule has 0 aliphatic carbocycles. The van der Waals surface area contributed by atoms with E-state index in [4.69, 9.17) is 9.47 Å². The van der Waals surface area contributed by atoms with Gasteiger partial charge >= 0.3 is 0 Å². The molecule has 0 spiro atoms. The number of amides is 1. The molecule has 0 bridgehead atoms. The van der Waals surface area contributed by atoms with E-state index in [2.05, 4.69) is 31.3 Å². The molecule has 80 heavy (non-hydrogen) atoms. The molecule has 9 nitrogen and oxygen atoms in total. The number of hydrogen-bond donors (Lipinski definition) is 6. The maximum Gasteiger partial charge on any atom is 0.220 e. The Morgan fingerprint density at radius 2 is 0.700 bits per heavy atom. The smallest absolute Gasteiger partial charge is 0.220 e. The normalized spacial score (nSPS) is 18.5. The third-order valence-corrected chi connectivity index (χ3v) is 17.3. The highest BCUT2D eigenvalue weighted by Gasteiger charge is 2.44. The Balaban J connectivity index is 2.04. The molecular weight excluding hydrogens is 995 g/mol. The van der Waals surface area contributed by atoms with Gasteiger partial charge in [-0.2, -0.15) is 0 Å². The summed E-state index contributed by atoms with van der Waals surface area (Å²) in [5, 5.41) is 54.7. The number of nitrogens with one attached hydrogen (secondary N) is 1. The molecule has 0 radical (unpaired) electrons. The van der Waals surface area contributed by atoms with Gasteiger partial charge in [0.1, 0.15) is 24.4 Å². The average Bonchev–Trinajstić information content (AvgIpc) is 3.46. The van der Waals surface area contributed by atoms with Crippen molar-refractivity contribution in [1.29, 1.82) is 0 Å². The quantitative estimate of drug-likeness (QED) is 0.0261. The van der Waals surface area contributed by atoms with Crippen molar-refractivity contribution in [1.82, 2.24) is 5.32 Å². The molecule has 0 saturated carbocycles. The van der Waals surface area contributed by atoms with E-state index in [9.17, 15) is 30.3 Å². The van der Waals surface area contributed by atoms with Gasteiger partial charge in [0.05, 0.1) is 25.4 Å². The predicted molar refractivity (Wildman–Crippen MR) is 341 cm³/mol. The summed E-state index contributed by atoms with van der Waals surface area (Å²) in [6.45, 7) is 3.83. The fourth-order valence-corrected chi connectivity index (χ4v) is 11.7. The van der Waals surface area contributed by atoms with Crippen LogP contribution in [0.15, 0.2) is 24.3 Å². The molecule has 0 aromatic carbocycles. The van der Waals surface area contributed by atoms with E-state index in [1.807, 2.05) is 6.08 Å². The summed E-state index contributed by atoms with van der Waals surface area (Å²) in [4.78, 5) is 13.1. The first kappa shape index (κ1) is 76.7. The number of aliphatic hydroxyl groups excluding tert-OH is 5. The zero-order valence-electron chi connectivity index (χ0n) is 53.1. The SMILES string of the molecule is CCCCCCCCCC/C=C\CCCCCCCCCCCCCCCCCCCCCCCCCCCCCC(=O)NC(COC1OC(CO)C(O)C(O)C1O)C(O)/C=C/CCCCCCCCCCCCCCCCCC. The van der Waals surface area contributed by atoms with Gasteiger partial charge < -0.3 is 40.3 Å². The molecule has 1 rings (SSSR count). The summed E-state index contributed by atoms with van der Waals surface area (Å²) in [5.41, 5.74) is 0. The highest BCUT2D eigenvalue weighted by Crippen LogP contribution is 2.24. The molecule has 0 aromatic heterocycles. The monoisotopic (exact) mass is 1130 g/mol. The Morgan fingerprint density at radius 3 is 1.01 bits per heavy atom. The molecule has 9 heteroatoms. The van der Waals surface area contributed by atoms with Gasteiger partial charge in [0.15, 0.2) is 6.29 Å². The van der Waals surface area contributed by atoms with E-state index in [1.54, 1.807) is 6.08 Å². The van der Waals surface area contributed by atoms with Crippen LogP contribution in [0, 0.1) is 0 Å². The van der Waals surface area contributed by atoms with Gasteiger partial charge in [-0.1, -0.05) is 340 Å². The Labute approximate surface area is 496 Å². The lowest BCUT2D eigenvalue weighted by molar-refractivity contribution is -0.302. The summed E-state index contributed by atoms with van der Waals surface area (Å²) in [6, 6.07) is -0.802. The molecular formula is C71H137NO8. The number of allylic oxidation sites excluding steroid dienone is 3. The molecule has 7 unspecified atom stereocenters. The summed E-state index contributed by atoms with van der Waals surface area (Å²) in [7, 11) is 0. The van der Waals surface area contributed by atoms with Gasteiger partial charge in [-0.05, 0) is 44.9 Å². The van der Waals surface area contributed by atoms with Crippen LogP contribution in [0.25, 0.3) is 0 Å². The second kappa shape index (κ2) is 60.8. The van der Waals surface area contributed by atoms with Gasteiger partial charge in [0, 0.05) is 6.42 Å². The van der Waals surface area contributed by atoms with E-state index < -0.39 is 49.5 Å². The van der Waals surface area contributed by atoms with E-state index in [1.165, 1.54) is 308 Å². The molecule has 0 aromatic rings. The summed E-state index contributed by atoms with van der Waals surface area (Å²) < 4.78 is 11.3. The van der Waals surface area contributed by atoms with Crippen LogP contribution >= 0.6 is 0 Å². The van der Waals surface area contributed by atoms with Gasteiger partial charge in [0.25, 0.3) is 0 Å². The fourth-order valence-electron chi connectivity index (χ4n) is 11.7. The molecule has 1 aliphatic heterocycles. The number of carbonyl (C=O) groups excluding carboxylic acids is 1. The van der Waals surface area contributed by atoms with Crippen LogP contribution in [0.5, 0.6) is 0 Å². The van der Waals surface area contributed by atoms with Gasteiger partial charge in [-0.25, -0.2) is 0 Å². The minimum absolute atomic E-state index is 0.168. The largest absolute Gasteiger partial charge is 0.394 e. The van der Waals surface area contributed by atoms with Crippen LogP contribution in [0.3, 0.4) is 0 Å². The first-order valence-corrected chi connectivity index (χ1v) is 35.6. The van der Waals surface area contributed by atoms with Crippen LogP contribution < -0.4 is 5.32 Å². The lowest BCUT2D eigenvalue weighted by Crippen LogP contribution is -2.60. The Hall–Kier alpha value is -1.33. The highest BCUT2D eigenvalue weighted by molar-refractivity contribution is 5.76. The fraction of sp³-hybridized carbons (Fsp3) is 0.930. The zero-order chi connectivity index (χ0) is 57.9. The Bertz CT molecular complexity index is 1310. The molecule has 7 atom stereocenters. The summed E-state index contributed by atoms with van der Waals surface area (Å²) >= 11 is 0. The van der Waals surface area contributed by atoms with Crippen molar-refractivity contribution in [2.75, 3.05) is 13.2 Å². The Morgan fingerprint density at radius 1 is 0.412 bits per heavy atom. The van der Waals surface area contributed by atoms with Crippen LogP contribution in [0.2, 0.25) is 0 Å². The van der Waals surface area contributed by atoms with Gasteiger partial charge in [0.2, 0.25) is 5.91 Å². The summed E-state index contributed by atoms with van der Waals surface area (Å²) in [5.74, 6) is -0.168. The topological polar surface area (TPSA) is 149 Å². The van der Waals surface area contributed by atoms with Crippen molar-refractivity contribution in [3.63, 3.8) is 0 Å². The second-order valence-electron chi connectivity index (χ2n) is 25.0. The number of rotatable bonds is 63. The first-order chi connectivity index (χ1) is 39.3. The number of carbonyl (C=O) groups is 1. The second-order valence-corrected chi connectivity index (χ2v) is 25.0. The first-order valence-electron chi connectivity index (χ1n) is 35.6. The minimum atomic E-state index is -1.56. The molecule has 6 N–H and O–H groups in total. The molecule has 1 fully saturated rings. The third-order valence-electron chi connectivity index (χ3n) is 17.3. The van der Waals surface area contributed by atoms with E-state index >= 15 is 0 Å². The lowest BCUT2D eigenvalue weighted by Gasteiger charge is -2.40. The van der Waals surface area contributed by atoms with Crippen molar-refractivity contribution in [2.45, 2.75) is 410 Å². The van der Waals surface area contributed by atoms with Crippen LogP contribution in [-0.2, 0) is 14.3 Å². The van der Waals surface area contributed by atoms with Crippen molar-refractivity contribution in [3.8, 4) is 0 Å². The average molecular weight is 1130 g/mol. The van der Waals surface area contributed by atoms with Crippen molar-refractivity contribution in [2.24, 2.45) is 0 Å². The number of aliphatic hydroxyl groups is 5. The maximum atomic E-state index is 13.1. The van der Waals surface area contributed by atoms with Crippen LogP contribution in [-0.4, -0.2) is 87.5 Å². The van der Waals surface area contributed by atoms with Gasteiger partial charge in [-0.15, -0.1) is 0 Å². The van der Waals surface area contributed by atoms with Crippen molar-refractivity contribution in [3.05, 3.63) is 24.3 Å². The molecule has 1 aliphatic rings. The van der Waals surface area contributed by atoms with Crippen LogP contribution in [0.4, 0.5) is 0 Å². The molecule has 1 amide bonds. The Kier molecular flexibility index (Phi) is 58.3. The standard InChI is InChI=1S/C71H137NO8/c1-3-5-7-9-11-13-15-17-19-21-23-24-25-26-27-28-29-30-31-32-33-34-35-36-37-38-39-40-41-42-43-45-47-49-51-53-55-57-59-61-67(75)72-64(63-79-71-70(78)69(77)68(76)66(62-73)80-71)65(74)60-58-56-54-52-50-48-46-44-22-20-18-16-14-12-10-8-6-4-2/h21,23,58,60,64-66,68-71,73-74,76-78H,3-20,22,24-57,59,61-63H2,1-2H3,(H,72,75)/b23-21-,60-58+. The number of hydrogen-bond acceptors (Lipinski definition) is 8. The minimum Gasteiger partial charge on any atom is -0.394 e. The molecule has 1 saturated heterocycles. The van der Waals surface area contributed by atoms with E-state index in [0.29, 0.717) is 6.42 Å². The van der Waals surface area contributed by atoms with Crippen molar-refractivity contribution >= 4 is 5.91 Å². The van der Waals surface area contributed by atoms with Gasteiger partial charge in [-0.3, -0.25) is 4.79 Å². The number of ether oxygens (including phenoxy) is 2. The third kappa shape index (κ3) is 49.0. The zero-order valence-corrected chi connectivity index (χ0v) is 53.1. The van der Waals surface area contributed by atoms with E-state index in [0.717, 1.165) is 38.5 Å². The van der Waals surface area contributed by atoms with E-state index in [-0.39, 0.29) is 12.5 Å².